The summed E-state index contributed by atoms with van der Waals surface area (Å²) in [6.45, 7) is 1.45. The molecule has 0 fully saturated rings. The van der Waals surface area contributed by atoms with E-state index in [4.69, 9.17) is 16.3 Å². The van der Waals surface area contributed by atoms with Crippen LogP contribution in [0.2, 0.25) is 5.02 Å². The van der Waals surface area contributed by atoms with Crippen LogP contribution in [0.1, 0.15) is 17.3 Å². The van der Waals surface area contributed by atoms with Crippen molar-refractivity contribution in [3.05, 3.63) is 59.1 Å². The van der Waals surface area contributed by atoms with E-state index in [2.05, 4.69) is 5.32 Å². The van der Waals surface area contributed by atoms with Crippen molar-refractivity contribution >= 4 is 29.2 Å². The number of aromatic hydroxyl groups is 1. The van der Waals surface area contributed by atoms with Crippen molar-refractivity contribution in [1.82, 2.24) is 0 Å². The molecule has 0 aromatic heterocycles. The Morgan fingerprint density at radius 2 is 1.91 bits per heavy atom. The predicted octanol–water partition coefficient (Wildman–Crippen LogP) is 3.23. The smallest absolute Gasteiger partial charge is 0.339 e. The van der Waals surface area contributed by atoms with Gasteiger partial charge in [0.15, 0.2) is 6.10 Å². The highest BCUT2D eigenvalue weighted by Crippen LogP contribution is 2.21. The number of halogens is 1. The number of anilines is 1. The maximum atomic E-state index is 12.0. The van der Waals surface area contributed by atoms with Crippen LogP contribution in [-0.2, 0) is 9.53 Å². The Kier molecular flexibility index (Phi) is 5.01. The van der Waals surface area contributed by atoms with E-state index in [0.717, 1.165) is 0 Å². The molecule has 0 saturated heterocycles. The Morgan fingerprint density at radius 1 is 1.18 bits per heavy atom. The number of ether oxygens (including phenoxy) is 1. The van der Waals surface area contributed by atoms with Crippen LogP contribution in [0.25, 0.3) is 0 Å². The van der Waals surface area contributed by atoms with Crippen LogP contribution in [0.5, 0.6) is 5.75 Å². The molecule has 6 heteroatoms. The maximum absolute atomic E-state index is 12.0. The molecule has 0 spiro atoms. The highest BCUT2D eigenvalue weighted by Gasteiger charge is 2.19. The number of esters is 1. The largest absolute Gasteiger partial charge is 0.508 e. The van der Waals surface area contributed by atoms with Gasteiger partial charge >= 0.3 is 5.97 Å². The van der Waals surface area contributed by atoms with E-state index in [1.54, 1.807) is 24.3 Å². The van der Waals surface area contributed by atoms with Crippen LogP contribution < -0.4 is 5.32 Å². The zero-order valence-corrected chi connectivity index (χ0v) is 12.5. The summed E-state index contributed by atoms with van der Waals surface area (Å²) in [7, 11) is 0. The molecule has 0 heterocycles. The normalized spacial score (nSPS) is 11.5. The van der Waals surface area contributed by atoms with Crippen LogP contribution in [0, 0.1) is 0 Å². The molecular formula is C16H14ClNO4. The van der Waals surface area contributed by atoms with Gasteiger partial charge in [0, 0.05) is 0 Å². The van der Waals surface area contributed by atoms with Gasteiger partial charge in [-0.05, 0) is 37.3 Å². The minimum Gasteiger partial charge on any atom is -0.508 e. The zero-order chi connectivity index (χ0) is 16.1. The third kappa shape index (κ3) is 3.99. The molecule has 1 unspecified atom stereocenters. The van der Waals surface area contributed by atoms with Crippen molar-refractivity contribution in [3.63, 3.8) is 0 Å². The molecule has 0 radical (unpaired) electrons. The highest BCUT2D eigenvalue weighted by atomic mass is 35.5. The lowest BCUT2D eigenvalue weighted by molar-refractivity contribution is -0.123. The van der Waals surface area contributed by atoms with Crippen LogP contribution in [-0.4, -0.2) is 23.1 Å². The molecule has 2 rings (SSSR count). The molecule has 0 aliphatic heterocycles. The second kappa shape index (κ2) is 6.95. The number of phenols is 1. The van der Waals surface area contributed by atoms with Gasteiger partial charge < -0.3 is 15.2 Å². The summed E-state index contributed by atoms with van der Waals surface area (Å²) in [4.78, 5) is 23.9. The molecule has 1 atom stereocenters. The van der Waals surface area contributed by atoms with Gasteiger partial charge in [0.1, 0.15) is 5.75 Å². The molecule has 0 bridgehead atoms. The van der Waals surface area contributed by atoms with Crippen molar-refractivity contribution in [2.24, 2.45) is 0 Å². The number of nitrogens with one attached hydrogen (secondary N) is 1. The number of para-hydroxylation sites is 1. The average molecular weight is 320 g/mol. The van der Waals surface area contributed by atoms with Gasteiger partial charge in [0.25, 0.3) is 5.91 Å². The Morgan fingerprint density at radius 3 is 2.59 bits per heavy atom. The number of carbonyl (C=O) groups is 2. The van der Waals surface area contributed by atoms with Crippen LogP contribution in [0.3, 0.4) is 0 Å². The summed E-state index contributed by atoms with van der Waals surface area (Å²) < 4.78 is 5.06. The molecule has 0 aliphatic rings. The first-order valence-corrected chi connectivity index (χ1v) is 6.90. The fourth-order valence-electron chi connectivity index (χ4n) is 1.71. The maximum Gasteiger partial charge on any atom is 0.339 e. The standard InChI is InChI=1S/C16H14ClNO4/c1-10(15(20)18-14-8-3-2-7-13(14)17)22-16(21)11-5-4-6-12(19)9-11/h2-10,19H,1H3,(H,18,20). The third-order valence-electron chi connectivity index (χ3n) is 2.87. The van der Waals surface area contributed by atoms with E-state index >= 15 is 0 Å². The Bertz CT molecular complexity index is 702. The number of rotatable bonds is 4. The Hall–Kier alpha value is -2.53. The predicted molar refractivity (Wildman–Crippen MR) is 83.1 cm³/mol. The molecule has 2 N–H and O–H groups in total. The molecular weight excluding hydrogens is 306 g/mol. The molecule has 114 valence electrons. The SMILES string of the molecule is CC(OC(=O)c1cccc(O)c1)C(=O)Nc1ccccc1Cl. The minimum atomic E-state index is -1.01. The van der Waals surface area contributed by atoms with E-state index in [9.17, 15) is 14.7 Å². The molecule has 1 amide bonds. The van der Waals surface area contributed by atoms with Crippen molar-refractivity contribution in [2.75, 3.05) is 5.32 Å². The van der Waals surface area contributed by atoms with Crippen molar-refractivity contribution in [2.45, 2.75) is 13.0 Å². The second-order valence-corrected chi connectivity index (χ2v) is 4.97. The lowest BCUT2D eigenvalue weighted by atomic mass is 10.2. The van der Waals surface area contributed by atoms with Gasteiger partial charge in [0.05, 0.1) is 16.3 Å². The Labute approximate surface area is 132 Å². The quantitative estimate of drug-likeness (QED) is 0.848. The van der Waals surface area contributed by atoms with Crippen molar-refractivity contribution < 1.29 is 19.4 Å². The summed E-state index contributed by atoms with van der Waals surface area (Å²) in [6, 6.07) is 12.4. The molecule has 0 saturated carbocycles. The number of amides is 1. The first kappa shape index (κ1) is 15.9. The lowest BCUT2D eigenvalue weighted by Gasteiger charge is -2.14. The number of hydrogen-bond donors (Lipinski definition) is 2. The number of hydrogen-bond acceptors (Lipinski definition) is 4. The first-order valence-electron chi connectivity index (χ1n) is 6.53. The van der Waals surface area contributed by atoms with Crippen LogP contribution in [0.15, 0.2) is 48.5 Å². The lowest BCUT2D eigenvalue weighted by Crippen LogP contribution is -2.30. The summed E-state index contributed by atoms with van der Waals surface area (Å²) in [6.07, 6.45) is -1.01. The number of benzene rings is 2. The van der Waals surface area contributed by atoms with E-state index in [1.165, 1.54) is 31.2 Å². The first-order chi connectivity index (χ1) is 10.5. The monoisotopic (exact) mass is 319 g/mol. The third-order valence-corrected chi connectivity index (χ3v) is 3.20. The Balaban J connectivity index is 1.99. The summed E-state index contributed by atoms with van der Waals surface area (Å²) in [5.74, 6) is -1.25. The van der Waals surface area contributed by atoms with Gasteiger partial charge in [0.2, 0.25) is 0 Å². The topological polar surface area (TPSA) is 75.6 Å². The minimum absolute atomic E-state index is 0.0531. The molecule has 2 aromatic carbocycles. The second-order valence-electron chi connectivity index (χ2n) is 4.57. The van der Waals surface area contributed by atoms with Gasteiger partial charge in [-0.2, -0.15) is 0 Å². The zero-order valence-electron chi connectivity index (χ0n) is 11.7. The molecule has 5 nitrogen and oxygen atoms in total. The van der Waals surface area contributed by atoms with Crippen LogP contribution in [0.4, 0.5) is 5.69 Å². The summed E-state index contributed by atoms with van der Waals surface area (Å²) in [5.41, 5.74) is 0.604. The van der Waals surface area contributed by atoms with Crippen molar-refractivity contribution in [1.29, 1.82) is 0 Å². The van der Waals surface area contributed by atoms with E-state index < -0.39 is 18.0 Å². The molecule has 22 heavy (non-hydrogen) atoms. The molecule has 0 aliphatic carbocycles. The van der Waals surface area contributed by atoms with E-state index in [-0.39, 0.29) is 11.3 Å². The number of carbonyl (C=O) groups excluding carboxylic acids is 2. The van der Waals surface area contributed by atoms with Crippen LogP contribution >= 0.6 is 11.6 Å². The summed E-state index contributed by atoms with van der Waals surface area (Å²) >= 11 is 5.94. The van der Waals surface area contributed by atoms with Crippen molar-refractivity contribution in [3.8, 4) is 5.75 Å². The molecule has 2 aromatic rings. The summed E-state index contributed by atoms with van der Waals surface area (Å²) in [5, 5.41) is 12.3. The van der Waals surface area contributed by atoms with Gasteiger partial charge in [-0.25, -0.2) is 4.79 Å². The highest BCUT2D eigenvalue weighted by molar-refractivity contribution is 6.33. The number of phenolic OH excluding ortho intramolecular Hbond substituents is 1. The van der Waals surface area contributed by atoms with E-state index in [0.29, 0.717) is 10.7 Å². The van der Waals surface area contributed by atoms with Gasteiger partial charge in [-0.15, -0.1) is 0 Å². The van der Waals surface area contributed by atoms with Gasteiger partial charge in [-0.3, -0.25) is 4.79 Å². The average Bonchev–Trinajstić information content (AvgIpc) is 2.49. The van der Waals surface area contributed by atoms with E-state index in [1.807, 2.05) is 0 Å². The van der Waals surface area contributed by atoms with Gasteiger partial charge in [-0.1, -0.05) is 29.8 Å². The fourth-order valence-corrected chi connectivity index (χ4v) is 1.89. The fraction of sp³-hybridized carbons (Fsp3) is 0.125.